The molecular weight excluding hydrogens is 348 g/mol. The number of hydrogen-bond acceptors (Lipinski definition) is 4. The lowest BCUT2D eigenvalue weighted by molar-refractivity contribution is 0.0927. The maximum atomic E-state index is 12.5. The van der Waals surface area contributed by atoms with Gasteiger partial charge < -0.3 is 10.6 Å². The van der Waals surface area contributed by atoms with Gasteiger partial charge in [0, 0.05) is 29.1 Å². The Morgan fingerprint density at radius 3 is 2.39 bits per heavy atom. The molecule has 1 fully saturated rings. The van der Waals surface area contributed by atoms with E-state index >= 15 is 0 Å². The van der Waals surface area contributed by atoms with Crippen LogP contribution in [0.1, 0.15) is 42.5 Å². The Morgan fingerprint density at radius 2 is 1.64 bits per heavy atom. The van der Waals surface area contributed by atoms with E-state index in [9.17, 15) is 4.79 Å². The van der Waals surface area contributed by atoms with Gasteiger partial charge in [0.1, 0.15) is 0 Å². The fourth-order valence-electron chi connectivity index (χ4n) is 3.54. The van der Waals surface area contributed by atoms with E-state index in [-0.39, 0.29) is 5.91 Å². The van der Waals surface area contributed by atoms with Gasteiger partial charge in [-0.3, -0.25) is 4.79 Å². The van der Waals surface area contributed by atoms with Crippen LogP contribution in [-0.2, 0) is 0 Å². The predicted molar refractivity (Wildman–Crippen MR) is 112 cm³/mol. The molecule has 1 aliphatic rings. The molecule has 28 heavy (non-hydrogen) atoms. The third-order valence-corrected chi connectivity index (χ3v) is 5.07. The molecule has 2 aromatic carbocycles. The molecule has 5 heteroatoms. The van der Waals surface area contributed by atoms with Crippen molar-refractivity contribution in [3.05, 3.63) is 72.4 Å². The summed E-state index contributed by atoms with van der Waals surface area (Å²) in [6.07, 6.45) is 7.59. The average molecular weight is 372 g/mol. The zero-order valence-corrected chi connectivity index (χ0v) is 15.8. The van der Waals surface area contributed by atoms with Crippen LogP contribution >= 0.6 is 0 Å². The SMILES string of the molecule is O=C(NC1CCCCC1)c1ccc(-c2ccnc(Nc3ccccc3)n2)cc1. The van der Waals surface area contributed by atoms with E-state index < -0.39 is 0 Å². The molecule has 0 spiro atoms. The van der Waals surface area contributed by atoms with Crippen LogP contribution in [0.5, 0.6) is 0 Å². The summed E-state index contributed by atoms with van der Waals surface area (Å²) < 4.78 is 0. The highest BCUT2D eigenvalue weighted by atomic mass is 16.1. The molecule has 5 nitrogen and oxygen atoms in total. The molecule has 0 radical (unpaired) electrons. The van der Waals surface area contributed by atoms with Crippen molar-refractivity contribution in [1.29, 1.82) is 0 Å². The van der Waals surface area contributed by atoms with Crippen molar-refractivity contribution in [3.63, 3.8) is 0 Å². The van der Waals surface area contributed by atoms with Gasteiger partial charge in [-0.15, -0.1) is 0 Å². The number of benzene rings is 2. The summed E-state index contributed by atoms with van der Waals surface area (Å²) in [7, 11) is 0. The predicted octanol–water partition coefficient (Wildman–Crippen LogP) is 4.95. The van der Waals surface area contributed by atoms with Crippen molar-refractivity contribution in [2.75, 3.05) is 5.32 Å². The normalized spacial score (nSPS) is 14.4. The minimum absolute atomic E-state index is 0.00701. The number of nitrogens with zero attached hydrogens (tertiary/aromatic N) is 2. The van der Waals surface area contributed by atoms with E-state index in [4.69, 9.17) is 0 Å². The highest BCUT2D eigenvalue weighted by Gasteiger charge is 2.16. The fourth-order valence-corrected chi connectivity index (χ4v) is 3.54. The molecule has 1 aliphatic carbocycles. The second kappa shape index (κ2) is 8.65. The van der Waals surface area contributed by atoms with Crippen LogP contribution in [0.25, 0.3) is 11.3 Å². The summed E-state index contributed by atoms with van der Waals surface area (Å²) in [5.41, 5.74) is 3.39. The second-order valence-corrected chi connectivity index (χ2v) is 7.14. The van der Waals surface area contributed by atoms with Gasteiger partial charge in [0.15, 0.2) is 0 Å². The van der Waals surface area contributed by atoms with E-state index in [2.05, 4.69) is 20.6 Å². The third kappa shape index (κ3) is 4.55. The van der Waals surface area contributed by atoms with Crippen molar-refractivity contribution in [3.8, 4) is 11.3 Å². The van der Waals surface area contributed by atoms with Gasteiger partial charge in [-0.2, -0.15) is 0 Å². The van der Waals surface area contributed by atoms with Gasteiger partial charge in [0.2, 0.25) is 5.95 Å². The molecule has 1 saturated carbocycles. The van der Waals surface area contributed by atoms with Gasteiger partial charge in [-0.25, -0.2) is 9.97 Å². The number of carbonyl (C=O) groups is 1. The Morgan fingerprint density at radius 1 is 0.893 bits per heavy atom. The highest BCUT2D eigenvalue weighted by Crippen LogP contribution is 2.21. The van der Waals surface area contributed by atoms with Crippen molar-refractivity contribution >= 4 is 17.5 Å². The first-order chi connectivity index (χ1) is 13.8. The average Bonchev–Trinajstić information content (AvgIpc) is 2.75. The number of rotatable bonds is 5. The Bertz CT molecular complexity index is 919. The Labute approximate surface area is 165 Å². The van der Waals surface area contributed by atoms with E-state index in [0.29, 0.717) is 17.6 Å². The first-order valence-electron chi connectivity index (χ1n) is 9.84. The first kappa shape index (κ1) is 18.2. The molecule has 0 unspecified atom stereocenters. The Balaban J connectivity index is 1.44. The molecule has 1 aromatic heterocycles. The van der Waals surface area contributed by atoms with Gasteiger partial charge in [-0.05, 0) is 43.2 Å². The lowest BCUT2D eigenvalue weighted by Gasteiger charge is -2.22. The topological polar surface area (TPSA) is 66.9 Å². The van der Waals surface area contributed by atoms with Crippen LogP contribution in [0.2, 0.25) is 0 Å². The number of nitrogens with one attached hydrogen (secondary N) is 2. The van der Waals surface area contributed by atoms with Crippen LogP contribution in [0.4, 0.5) is 11.6 Å². The van der Waals surface area contributed by atoms with Crippen LogP contribution in [-0.4, -0.2) is 21.9 Å². The van der Waals surface area contributed by atoms with Crippen LogP contribution in [0.3, 0.4) is 0 Å². The molecule has 0 aliphatic heterocycles. The molecule has 1 amide bonds. The number of anilines is 2. The van der Waals surface area contributed by atoms with E-state index in [1.54, 1.807) is 6.20 Å². The first-order valence-corrected chi connectivity index (χ1v) is 9.84. The molecule has 0 bridgehead atoms. The summed E-state index contributed by atoms with van der Waals surface area (Å²) in [6.45, 7) is 0. The molecule has 4 rings (SSSR count). The maximum absolute atomic E-state index is 12.5. The van der Waals surface area contributed by atoms with Gasteiger partial charge in [0.05, 0.1) is 5.69 Å². The molecule has 142 valence electrons. The Hall–Kier alpha value is -3.21. The highest BCUT2D eigenvalue weighted by molar-refractivity contribution is 5.94. The monoisotopic (exact) mass is 372 g/mol. The number of para-hydroxylation sites is 1. The summed E-state index contributed by atoms with van der Waals surface area (Å²) in [4.78, 5) is 21.3. The summed E-state index contributed by atoms with van der Waals surface area (Å²) >= 11 is 0. The quantitative estimate of drug-likeness (QED) is 0.665. The molecular formula is C23H24N4O. The summed E-state index contributed by atoms with van der Waals surface area (Å²) in [6, 6.07) is 19.6. The number of carbonyl (C=O) groups excluding carboxylic acids is 1. The van der Waals surface area contributed by atoms with Gasteiger partial charge in [-0.1, -0.05) is 49.6 Å². The van der Waals surface area contributed by atoms with Crippen molar-refractivity contribution in [1.82, 2.24) is 15.3 Å². The van der Waals surface area contributed by atoms with Crippen LogP contribution in [0, 0.1) is 0 Å². The van der Waals surface area contributed by atoms with Crippen molar-refractivity contribution in [2.45, 2.75) is 38.1 Å². The lowest BCUT2D eigenvalue weighted by atomic mass is 9.95. The van der Waals surface area contributed by atoms with Crippen LogP contribution < -0.4 is 10.6 Å². The minimum atomic E-state index is 0.00701. The molecule has 1 heterocycles. The van der Waals surface area contributed by atoms with Gasteiger partial charge in [0.25, 0.3) is 5.91 Å². The standard InChI is InChI=1S/C23H24N4O/c28-22(25-19-7-3-1-4-8-19)18-13-11-17(12-14-18)21-15-16-24-23(27-21)26-20-9-5-2-6-10-20/h2,5-6,9-16,19H,1,3-4,7-8H2,(H,25,28)(H,24,26,27). The fraction of sp³-hybridized carbons (Fsp3) is 0.261. The lowest BCUT2D eigenvalue weighted by Crippen LogP contribution is -2.36. The molecule has 0 atom stereocenters. The molecule has 0 saturated heterocycles. The summed E-state index contributed by atoms with van der Waals surface area (Å²) in [5.74, 6) is 0.551. The van der Waals surface area contributed by atoms with Crippen molar-refractivity contribution in [2.24, 2.45) is 0 Å². The number of hydrogen-bond donors (Lipinski definition) is 2. The van der Waals surface area contributed by atoms with Crippen LogP contribution in [0.15, 0.2) is 66.9 Å². The zero-order valence-electron chi connectivity index (χ0n) is 15.8. The Kier molecular flexibility index (Phi) is 5.61. The van der Waals surface area contributed by atoms with Gasteiger partial charge >= 0.3 is 0 Å². The number of amides is 1. The van der Waals surface area contributed by atoms with E-state index in [1.807, 2.05) is 60.7 Å². The van der Waals surface area contributed by atoms with Crippen molar-refractivity contribution < 1.29 is 4.79 Å². The second-order valence-electron chi connectivity index (χ2n) is 7.14. The van der Waals surface area contributed by atoms with E-state index in [0.717, 1.165) is 29.8 Å². The largest absolute Gasteiger partial charge is 0.349 e. The minimum Gasteiger partial charge on any atom is -0.349 e. The third-order valence-electron chi connectivity index (χ3n) is 5.07. The smallest absolute Gasteiger partial charge is 0.251 e. The molecule has 3 aromatic rings. The zero-order chi connectivity index (χ0) is 19.2. The summed E-state index contributed by atoms with van der Waals surface area (Å²) in [5, 5.41) is 6.36. The number of aromatic nitrogens is 2. The molecule has 2 N–H and O–H groups in total. The van der Waals surface area contributed by atoms with E-state index in [1.165, 1.54) is 19.3 Å². The maximum Gasteiger partial charge on any atom is 0.251 e.